The van der Waals surface area contributed by atoms with E-state index < -0.39 is 0 Å². The van der Waals surface area contributed by atoms with Crippen LogP contribution in [0.5, 0.6) is 0 Å². The normalized spacial score (nSPS) is 10.2. The molecule has 72 valence electrons. The van der Waals surface area contributed by atoms with Crippen LogP contribution in [0.1, 0.15) is 13.8 Å². The molecule has 0 unspecified atom stereocenters. The highest BCUT2D eigenvalue weighted by Gasteiger charge is 2.07. The highest BCUT2D eigenvalue weighted by atomic mass is 79.9. The molecule has 0 aliphatic rings. The third-order valence-electron chi connectivity index (χ3n) is 2.04. The van der Waals surface area contributed by atoms with Gasteiger partial charge in [-0.05, 0) is 57.8 Å². The first-order valence-corrected chi connectivity index (χ1v) is 5.98. The van der Waals surface area contributed by atoms with Gasteiger partial charge in [0.15, 0.2) is 0 Å². The number of halogens is 2. The number of nitrogens with zero attached hydrogens (tertiary/aromatic N) is 1. The molecule has 0 radical (unpaired) electrons. The molecule has 0 saturated heterocycles. The first kappa shape index (κ1) is 11.1. The van der Waals surface area contributed by atoms with Crippen LogP contribution in [0.25, 0.3) is 0 Å². The van der Waals surface area contributed by atoms with Crippen LogP contribution in [0.3, 0.4) is 0 Å². The highest BCUT2D eigenvalue weighted by molar-refractivity contribution is 9.13. The summed E-state index contributed by atoms with van der Waals surface area (Å²) >= 11 is 7.07. The average molecular weight is 307 g/mol. The van der Waals surface area contributed by atoms with E-state index in [2.05, 4.69) is 62.7 Å². The summed E-state index contributed by atoms with van der Waals surface area (Å²) in [7, 11) is 0. The van der Waals surface area contributed by atoms with Crippen LogP contribution < -0.4 is 4.90 Å². The van der Waals surface area contributed by atoms with Gasteiger partial charge in [-0.3, -0.25) is 0 Å². The van der Waals surface area contributed by atoms with Gasteiger partial charge in [-0.25, -0.2) is 0 Å². The highest BCUT2D eigenvalue weighted by Crippen LogP contribution is 2.32. The fourth-order valence-corrected chi connectivity index (χ4v) is 2.17. The molecule has 0 aliphatic heterocycles. The van der Waals surface area contributed by atoms with Crippen molar-refractivity contribution in [1.82, 2.24) is 0 Å². The molecular formula is C10H13Br2N. The Bertz CT molecular complexity index is 282. The maximum absolute atomic E-state index is 3.57. The van der Waals surface area contributed by atoms with Crippen molar-refractivity contribution in [3.8, 4) is 0 Å². The molecule has 1 rings (SSSR count). The van der Waals surface area contributed by atoms with Gasteiger partial charge in [0.1, 0.15) is 0 Å². The summed E-state index contributed by atoms with van der Waals surface area (Å²) in [6.07, 6.45) is 0. The summed E-state index contributed by atoms with van der Waals surface area (Å²) in [5.74, 6) is 0. The predicted octanol–water partition coefficient (Wildman–Crippen LogP) is 4.06. The smallest absolute Gasteiger partial charge is 0.0551 e. The van der Waals surface area contributed by atoms with Gasteiger partial charge >= 0.3 is 0 Å². The van der Waals surface area contributed by atoms with E-state index >= 15 is 0 Å². The maximum atomic E-state index is 3.57. The van der Waals surface area contributed by atoms with Gasteiger partial charge in [-0.15, -0.1) is 0 Å². The van der Waals surface area contributed by atoms with Gasteiger partial charge in [0, 0.05) is 17.6 Å². The van der Waals surface area contributed by atoms with Crippen LogP contribution in [-0.2, 0) is 0 Å². The van der Waals surface area contributed by atoms with Gasteiger partial charge in [0.05, 0.1) is 10.2 Å². The van der Waals surface area contributed by atoms with Crippen LogP contribution in [0.15, 0.2) is 27.1 Å². The summed E-state index contributed by atoms with van der Waals surface area (Å²) in [5, 5.41) is 0. The number of hydrogen-bond acceptors (Lipinski definition) is 1. The summed E-state index contributed by atoms with van der Waals surface area (Å²) < 4.78 is 2.25. The Morgan fingerprint density at radius 1 is 1.15 bits per heavy atom. The number of anilines is 1. The van der Waals surface area contributed by atoms with E-state index in [-0.39, 0.29) is 0 Å². The summed E-state index contributed by atoms with van der Waals surface area (Å²) in [5.41, 5.74) is 1.25. The van der Waals surface area contributed by atoms with E-state index in [0.717, 1.165) is 22.0 Å². The molecule has 1 nitrogen and oxygen atoms in total. The van der Waals surface area contributed by atoms with Gasteiger partial charge in [-0.2, -0.15) is 0 Å². The van der Waals surface area contributed by atoms with E-state index in [1.807, 2.05) is 6.07 Å². The van der Waals surface area contributed by atoms with Crippen LogP contribution in [0, 0.1) is 0 Å². The molecule has 0 aromatic heterocycles. The lowest BCUT2D eigenvalue weighted by Crippen LogP contribution is -2.22. The molecule has 0 spiro atoms. The molecule has 1 aromatic carbocycles. The molecule has 0 atom stereocenters. The Labute approximate surface area is 96.4 Å². The van der Waals surface area contributed by atoms with Crippen LogP contribution in [0.4, 0.5) is 5.69 Å². The Morgan fingerprint density at radius 2 is 1.77 bits per heavy atom. The third kappa shape index (κ3) is 2.47. The number of hydrogen-bond donors (Lipinski definition) is 0. The second-order valence-electron chi connectivity index (χ2n) is 2.75. The van der Waals surface area contributed by atoms with Crippen molar-refractivity contribution in [2.45, 2.75) is 13.8 Å². The zero-order valence-electron chi connectivity index (χ0n) is 7.85. The zero-order valence-corrected chi connectivity index (χ0v) is 11.0. The van der Waals surface area contributed by atoms with Gasteiger partial charge in [0.25, 0.3) is 0 Å². The lowest BCUT2D eigenvalue weighted by Gasteiger charge is -2.22. The first-order chi connectivity index (χ1) is 6.20. The summed E-state index contributed by atoms with van der Waals surface area (Å²) in [4.78, 5) is 2.31. The molecule has 0 N–H and O–H groups in total. The molecule has 0 saturated carbocycles. The number of benzene rings is 1. The van der Waals surface area contributed by atoms with Gasteiger partial charge in [0.2, 0.25) is 0 Å². The fourth-order valence-electron chi connectivity index (χ4n) is 1.30. The van der Waals surface area contributed by atoms with E-state index in [1.165, 1.54) is 5.69 Å². The SMILES string of the molecule is CCN(CC)c1cccc(Br)c1Br. The molecule has 1 aromatic rings. The molecule has 0 bridgehead atoms. The zero-order chi connectivity index (χ0) is 9.84. The molecule has 13 heavy (non-hydrogen) atoms. The molecule has 0 fully saturated rings. The lowest BCUT2D eigenvalue weighted by molar-refractivity contribution is 0.863. The quantitative estimate of drug-likeness (QED) is 0.814. The van der Waals surface area contributed by atoms with Gasteiger partial charge in [-0.1, -0.05) is 6.07 Å². The molecule has 0 heterocycles. The lowest BCUT2D eigenvalue weighted by atomic mass is 10.3. The monoisotopic (exact) mass is 305 g/mol. The fraction of sp³-hybridized carbons (Fsp3) is 0.400. The van der Waals surface area contributed by atoms with E-state index in [1.54, 1.807) is 0 Å². The minimum Gasteiger partial charge on any atom is -0.371 e. The molecule has 0 amide bonds. The second kappa shape index (κ2) is 5.01. The van der Waals surface area contributed by atoms with Crippen molar-refractivity contribution >= 4 is 37.5 Å². The van der Waals surface area contributed by atoms with Crippen molar-refractivity contribution < 1.29 is 0 Å². The van der Waals surface area contributed by atoms with Crippen LogP contribution in [0.2, 0.25) is 0 Å². The molecular weight excluding hydrogens is 294 g/mol. The minimum absolute atomic E-state index is 1.03. The van der Waals surface area contributed by atoms with E-state index in [9.17, 15) is 0 Å². The first-order valence-electron chi connectivity index (χ1n) is 4.39. The minimum atomic E-state index is 1.03. The molecule has 3 heteroatoms. The second-order valence-corrected chi connectivity index (χ2v) is 4.39. The maximum Gasteiger partial charge on any atom is 0.0551 e. The van der Waals surface area contributed by atoms with E-state index in [4.69, 9.17) is 0 Å². The average Bonchev–Trinajstić information content (AvgIpc) is 2.14. The summed E-state index contributed by atoms with van der Waals surface area (Å²) in [6.45, 7) is 6.39. The Kier molecular flexibility index (Phi) is 4.26. The molecule has 0 aliphatic carbocycles. The van der Waals surface area contributed by atoms with E-state index in [0.29, 0.717) is 0 Å². The predicted molar refractivity (Wildman–Crippen MR) is 65.4 cm³/mol. The number of rotatable bonds is 3. The Hall–Kier alpha value is -0.0200. The van der Waals surface area contributed by atoms with Crippen LogP contribution in [-0.4, -0.2) is 13.1 Å². The van der Waals surface area contributed by atoms with Crippen molar-refractivity contribution in [3.05, 3.63) is 27.1 Å². The standard InChI is InChI=1S/C10H13Br2N/c1-3-13(4-2)9-7-5-6-8(11)10(9)12/h5-7H,3-4H2,1-2H3. The Balaban J connectivity index is 3.05. The third-order valence-corrected chi connectivity index (χ3v) is 4.06. The van der Waals surface area contributed by atoms with Crippen molar-refractivity contribution in [2.75, 3.05) is 18.0 Å². The Morgan fingerprint density at radius 3 is 2.31 bits per heavy atom. The van der Waals surface area contributed by atoms with Crippen molar-refractivity contribution in [2.24, 2.45) is 0 Å². The van der Waals surface area contributed by atoms with Crippen LogP contribution >= 0.6 is 31.9 Å². The van der Waals surface area contributed by atoms with Crippen molar-refractivity contribution in [3.63, 3.8) is 0 Å². The van der Waals surface area contributed by atoms with Crippen molar-refractivity contribution in [1.29, 1.82) is 0 Å². The summed E-state index contributed by atoms with van der Waals surface area (Å²) in [6, 6.07) is 6.22. The topological polar surface area (TPSA) is 3.24 Å². The largest absolute Gasteiger partial charge is 0.371 e. The van der Waals surface area contributed by atoms with Gasteiger partial charge < -0.3 is 4.90 Å².